The molecule has 0 N–H and O–H groups in total. The Morgan fingerprint density at radius 3 is 1.09 bits per heavy atom. The first-order valence-corrected chi connectivity index (χ1v) is 22.4. The largest absolute Gasteiger partial charge is 0.463 e. The smallest absolute Gasteiger partial charge is 0.313 e. The van der Waals surface area contributed by atoms with Crippen molar-refractivity contribution < 1.29 is 14.3 Å². The molecule has 1 radical (unpaired) electrons. The minimum absolute atomic E-state index is 0.113. The average molecular weight is 674 g/mol. The van der Waals surface area contributed by atoms with Crippen LogP contribution in [-0.2, 0) is 14.3 Å². The van der Waals surface area contributed by atoms with Gasteiger partial charge in [-0.3, -0.25) is 9.59 Å². The van der Waals surface area contributed by atoms with Crippen LogP contribution in [0.25, 0.3) is 0 Å². The van der Waals surface area contributed by atoms with Gasteiger partial charge in [0.2, 0.25) is 0 Å². The van der Waals surface area contributed by atoms with Gasteiger partial charge in [-0.1, -0.05) is 167 Å². The van der Waals surface area contributed by atoms with Crippen molar-refractivity contribution in [1.29, 1.82) is 0 Å². The predicted molar refractivity (Wildman–Crippen MR) is 211 cm³/mol. The molecule has 0 unspecified atom stereocenters. The molecular weight excluding hydrogens is 591 g/mol. The lowest BCUT2D eigenvalue weighted by Gasteiger charge is -2.05. The summed E-state index contributed by atoms with van der Waals surface area (Å²) in [4.78, 5) is 21.0. The van der Waals surface area contributed by atoms with Crippen LogP contribution in [0, 0.1) is 0 Å². The van der Waals surface area contributed by atoms with E-state index in [1.165, 1.54) is 187 Å². The first kappa shape index (κ1) is 48.3. The normalized spacial score (nSPS) is 11.4. The van der Waals surface area contributed by atoms with Crippen LogP contribution in [0.15, 0.2) is 24.3 Å². The van der Waals surface area contributed by atoms with E-state index in [0.717, 1.165) is 15.2 Å². The maximum Gasteiger partial charge on any atom is 0.313 e. The molecule has 0 saturated heterocycles. The molecule has 0 aromatic carbocycles. The second-order valence-electron chi connectivity index (χ2n) is 14.2. The minimum Gasteiger partial charge on any atom is -0.463 e. The number of allylic oxidation sites excluding steroid dienone is 4. The highest BCUT2D eigenvalue weighted by molar-refractivity contribution is 6.35. The van der Waals surface area contributed by atoms with Crippen LogP contribution in [0.5, 0.6) is 0 Å². The molecule has 0 spiro atoms. The molecule has 0 fully saturated rings. The van der Waals surface area contributed by atoms with Gasteiger partial charge in [0.25, 0.3) is 0 Å². The Balaban J connectivity index is 0. The highest BCUT2D eigenvalue weighted by Gasteiger charge is 2.07. The molecule has 275 valence electrons. The van der Waals surface area contributed by atoms with E-state index in [0.29, 0.717) is 0 Å². The van der Waals surface area contributed by atoms with E-state index >= 15 is 0 Å². The van der Waals surface area contributed by atoms with Crippen LogP contribution in [-0.4, -0.2) is 33.1 Å². The first-order valence-electron chi connectivity index (χ1n) is 20.7. The second-order valence-corrected chi connectivity index (χ2v) is 15.9. The molecule has 0 atom stereocenters. The van der Waals surface area contributed by atoms with Crippen molar-refractivity contribution in [3.05, 3.63) is 24.3 Å². The summed E-state index contributed by atoms with van der Waals surface area (Å²) in [5.41, 5.74) is 0. The fourth-order valence-corrected chi connectivity index (χ4v) is 7.17. The van der Waals surface area contributed by atoms with Crippen molar-refractivity contribution in [2.24, 2.45) is 0 Å². The molecular formula is C43H82AlO3. The standard InChI is InChI=1S/2C18H35.C7H12O3.Al/c2*1-3-5-7-9-11-13-15-17-18-16-14-12-10-8-6-4-2;1-5(2)10-7(9)4-6(3)8;/h2*17-18H,1,3-16H2,2H3;5H,4H2,1-3H3;/b2*18-17-;;. The molecule has 47 heavy (non-hydrogen) atoms. The summed E-state index contributed by atoms with van der Waals surface area (Å²) in [6.07, 6.45) is 49.5. The molecule has 0 heterocycles. The number of hydrogen-bond acceptors (Lipinski definition) is 3. The Kier molecular flexibility index (Phi) is 44.3. The zero-order chi connectivity index (χ0) is 34.9. The summed E-state index contributed by atoms with van der Waals surface area (Å²) < 4.78 is 4.70. The summed E-state index contributed by atoms with van der Waals surface area (Å²) in [7, 11) is 0. The molecule has 0 aliphatic rings. The zero-order valence-corrected chi connectivity index (χ0v) is 33.8. The molecule has 0 aliphatic heterocycles. The molecule has 0 aromatic heterocycles. The highest BCUT2D eigenvalue weighted by atomic mass is 27.1. The third-order valence-electron chi connectivity index (χ3n) is 8.60. The zero-order valence-electron chi connectivity index (χ0n) is 32.6. The van der Waals surface area contributed by atoms with E-state index < -0.39 is 5.97 Å². The van der Waals surface area contributed by atoms with Crippen LogP contribution in [0.3, 0.4) is 0 Å². The number of carbonyl (C=O) groups excluding carboxylic acids is 2. The maximum absolute atomic E-state index is 10.6. The van der Waals surface area contributed by atoms with E-state index in [1.807, 2.05) is 0 Å². The second kappa shape index (κ2) is 43.2. The van der Waals surface area contributed by atoms with Crippen LogP contribution < -0.4 is 0 Å². The van der Waals surface area contributed by atoms with E-state index in [9.17, 15) is 9.59 Å². The van der Waals surface area contributed by atoms with Crippen molar-refractivity contribution >= 4 is 27.0 Å². The molecule has 0 aromatic rings. The SMILES string of the molecule is CC(=O)CC(=O)OC(C)C.CCCCCCCC/C=C\CCCCCCC[CH2][Al][CH2]CCCCCCC/C=C\CCCCCCCC. The number of Topliss-reactive ketones (excluding diaryl/α,β-unsaturated/α-hetero) is 1. The summed E-state index contributed by atoms with van der Waals surface area (Å²) in [6, 6.07) is 0. The Hall–Kier alpha value is -0.848. The molecule has 4 heteroatoms. The highest BCUT2D eigenvalue weighted by Crippen LogP contribution is 2.13. The van der Waals surface area contributed by atoms with Gasteiger partial charge in [-0.05, 0) is 72.1 Å². The quantitative estimate of drug-likeness (QED) is 0.0221. The Bertz CT molecular complexity index is 645. The average Bonchev–Trinajstić information content (AvgIpc) is 3.03. The fourth-order valence-electron chi connectivity index (χ4n) is 5.72. The molecule has 3 nitrogen and oxygen atoms in total. The maximum atomic E-state index is 10.6. The Labute approximate surface area is 302 Å². The lowest BCUT2D eigenvalue weighted by molar-refractivity contribution is -0.149. The predicted octanol–water partition coefficient (Wildman–Crippen LogP) is 14.5. The third kappa shape index (κ3) is 49.6. The van der Waals surface area contributed by atoms with Crippen molar-refractivity contribution in [2.75, 3.05) is 0 Å². The molecule has 0 rings (SSSR count). The fraction of sp³-hybridized carbons (Fsp3) is 0.860. The summed E-state index contributed by atoms with van der Waals surface area (Å²) >= 11 is 0.750. The first-order chi connectivity index (χ1) is 22.9. The van der Waals surface area contributed by atoms with Gasteiger partial charge in [0.05, 0.1) is 6.10 Å². The Morgan fingerprint density at radius 2 is 0.787 bits per heavy atom. The lowest BCUT2D eigenvalue weighted by Crippen LogP contribution is -2.13. The van der Waals surface area contributed by atoms with Crippen molar-refractivity contribution in [2.45, 2.75) is 237 Å². The molecule has 0 saturated carbocycles. The van der Waals surface area contributed by atoms with Crippen LogP contribution >= 0.6 is 0 Å². The van der Waals surface area contributed by atoms with Gasteiger partial charge in [0, 0.05) is 0 Å². The van der Waals surface area contributed by atoms with Gasteiger partial charge in [0.15, 0.2) is 15.2 Å². The van der Waals surface area contributed by atoms with Gasteiger partial charge in [-0.15, -0.1) is 10.6 Å². The van der Waals surface area contributed by atoms with Crippen LogP contribution in [0.2, 0.25) is 10.6 Å². The van der Waals surface area contributed by atoms with Crippen LogP contribution in [0.4, 0.5) is 0 Å². The van der Waals surface area contributed by atoms with E-state index in [2.05, 4.69) is 38.2 Å². The van der Waals surface area contributed by atoms with E-state index in [-0.39, 0.29) is 18.3 Å². The minimum atomic E-state index is -0.442. The number of carbonyl (C=O) groups is 2. The van der Waals surface area contributed by atoms with Gasteiger partial charge in [0.1, 0.15) is 12.2 Å². The van der Waals surface area contributed by atoms with Crippen molar-refractivity contribution in [1.82, 2.24) is 0 Å². The van der Waals surface area contributed by atoms with Gasteiger partial charge in [-0.2, -0.15) is 0 Å². The number of rotatable bonds is 35. The topological polar surface area (TPSA) is 43.4 Å². The summed E-state index contributed by atoms with van der Waals surface area (Å²) in [6.45, 7) is 9.45. The van der Waals surface area contributed by atoms with E-state index in [4.69, 9.17) is 4.74 Å². The van der Waals surface area contributed by atoms with Gasteiger partial charge in [-0.25, -0.2) is 0 Å². The summed E-state index contributed by atoms with van der Waals surface area (Å²) in [5.74, 6) is -0.604. The van der Waals surface area contributed by atoms with Crippen molar-refractivity contribution in [3.8, 4) is 0 Å². The molecule has 0 bridgehead atoms. The number of ketones is 1. The number of esters is 1. The molecule has 0 amide bonds. The van der Waals surface area contributed by atoms with Crippen molar-refractivity contribution in [3.63, 3.8) is 0 Å². The molecule has 0 aliphatic carbocycles. The third-order valence-corrected chi connectivity index (χ3v) is 10.2. The Morgan fingerprint density at radius 1 is 0.489 bits per heavy atom. The van der Waals surface area contributed by atoms with Gasteiger partial charge < -0.3 is 4.74 Å². The van der Waals surface area contributed by atoms with Crippen LogP contribution in [0.1, 0.15) is 221 Å². The monoisotopic (exact) mass is 674 g/mol. The summed E-state index contributed by atoms with van der Waals surface area (Å²) in [5, 5.41) is 3.12. The number of ether oxygens (including phenoxy) is 1. The van der Waals surface area contributed by atoms with E-state index in [1.54, 1.807) is 24.4 Å². The van der Waals surface area contributed by atoms with Gasteiger partial charge >= 0.3 is 5.97 Å². The number of unbranched alkanes of at least 4 members (excludes halogenated alkanes) is 24. The number of hydrogen-bond donors (Lipinski definition) is 0. The lowest BCUT2D eigenvalue weighted by atomic mass is 10.1.